The molecule has 0 bridgehead atoms. The molecule has 1 aromatic heterocycles. The molecule has 0 aliphatic carbocycles. The average Bonchev–Trinajstić information content (AvgIpc) is 2.83. The molecule has 1 amide bonds. The molecule has 106 valence electrons. The van der Waals surface area contributed by atoms with Gasteiger partial charge in [-0.3, -0.25) is 4.79 Å². The Kier molecular flexibility index (Phi) is 5.79. The SMILES string of the molecule is Cc1csc(CCNC(=O)CCC2CCCNC2)n1. The van der Waals surface area contributed by atoms with Crippen LogP contribution in [0.1, 0.15) is 36.4 Å². The number of hydrogen-bond donors (Lipinski definition) is 2. The van der Waals surface area contributed by atoms with Crippen molar-refractivity contribution in [2.75, 3.05) is 19.6 Å². The summed E-state index contributed by atoms with van der Waals surface area (Å²) >= 11 is 1.67. The Bertz CT molecular complexity index is 399. The standard InChI is InChI=1S/C14H23N3OS/c1-11-10-19-14(17-11)6-8-16-13(18)5-4-12-3-2-7-15-9-12/h10,12,15H,2-9H2,1H3,(H,16,18). The Balaban J connectivity index is 1.56. The molecule has 2 heterocycles. The van der Waals surface area contributed by atoms with Gasteiger partial charge in [-0.1, -0.05) is 0 Å². The van der Waals surface area contributed by atoms with Crippen molar-refractivity contribution in [2.45, 2.75) is 39.0 Å². The van der Waals surface area contributed by atoms with Crippen LogP contribution in [0, 0.1) is 12.8 Å². The first kappa shape index (κ1) is 14.5. The second-order valence-corrected chi connectivity index (χ2v) is 6.18. The zero-order valence-corrected chi connectivity index (χ0v) is 12.4. The van der Waals surface area contributed by atoms with E-state index in [0.717, 1.165) is 36.6 Å². The van der Waals surface area contributed by atoms with Crippen LogP contribution in [0.5, 0.6) is 0 Å². The molecule has 1 saturated heterocycles. The van der Waals surface area contributed by atoms with Gasteiger partial charge >= 0.3 is 0 Å². The van der Waals surface area contributed by atoms with E-state index in [2.05, 4.69) is 15.6 Å². The summed E-state index contributed by atoms with van der Waals surface area (Å²) in [5.41, 5.74) is 1.07. The van der Waals surface area contributed by atoms with Crippen molar-refractivity contribution in [3.63, 3.8) is 0 Å². The highest BCUT2D eigenvalue weighted by molar-refractivity contribution is 7.09. The fourth-order valence-corrected chi connectivity index (χ4v) is 3.20. The molecule has 0 spiro atoms. The summed E-state index contributed by atoms with van der Waals surface area (Å²) in [4.78, 5) is 16.1. The van der Waals surface area contributed by atoms with Gasteiger partial charge in [0.25, 0.3) is 0 Å². The molecule has 5 heteroatoms. The van der Waals surface area contributed by atoms with Crippen molar-refractivity contribution in [1.82, 2.24) is 15.6 Å². The normalized spacial score (nSPS) is 19.3. The van der Waals surface area contributed by atoms with E-state index in [1.807, 2.05) is 12.3 Å². The Hall–Kier alpha value is -0.940. The lowest BCUT2D eigenvalue weighted by Gasteiger charge is -2.22. The third kappa shape index (κ3) is 5.28. The largest absolute Gasteiger partial charge is 0.356 e. The predicted octanol–water partition coefficient (Wildman–Crippen LogP) is 1.89. The quantitative estimate of drug-likeness (QED) is 0.837. The van der Waals surface area contributed by atoms with Crippen LogP contribution in [0.15, 0.2) is 5.38 Å². The van der Waals surface area contributed by atoms with Crippen molar-refractivity contribution >= 4 is 17.2 Å². The minimum atomic E-state index is 0.179. The van der Waals surface area contributed by atoms with E-state index < -0.39 is 0 Å². The molecule has 1 aromatic rings. The first-order valence-corrected chi connectivity index (χ1v) is 8.00. The smallest absolute Gasteiger partial charge is 0.220 e. The number of amides is 1. The van der Waals surface area contributed by atoms with Crippen LogP contribution in [-0.2, 0) is 11.2 Å². The van der Waals surface area contributed by atoms with Crippen molar-refractivity contribution in [1.29, 1.82) is 0 Å². The Morgan fingerprint density at radius 3 is 3.21 bits per heavy atom. The summed E-state index contributed by atoms with van der Waals surface area (Å²) in [7, 11) is 0. The number of hydrogen-bond acceptors (Lipinski definition) is 4. The highest BCUT2D eigenvalue weighted by atomic mass is 32.1. The van der Waals surface area contributed by atoms with Crippen LogP contribution in [0.4, 0.5) is 0 Å². The number of aromatic nitrogens is 1. The van der Waals surface area contributed by atoms with Crippen LogP contribution in [0.2, 0.25) is 0 Å². The molecule has 0 saturated carbocycles. The molecule has 2 rings (SSSR count). The van der Waals surface area contributed by atoms with Gasteiger partial charge < -0.3 is 10.6 Å². The van der Waals surface area contributed by atoms with E-state index in [-0.39, 0.29) is 5.91 Å². The van der Waals surface area contributed by atoms with E-state index in [9.17, 15) is 4.79 Å². The van der Waals surface area contributed by atoms with Gasteiger partial charge in [0.05, 0.1) is 5.01 Å². The predicted molar refractivity (Wildman–Crippen MR) is 78.4 cm³/mol. The number of carbonyl (C=O) groups excluding carboxylic acids is 1. The van der Waals surface area contributed by atoms with Gasteiger partial charge in [0.1, 0.15) is 0 Å². The maximum atomic E-state index is 11.7. The highest BCUT2D eigenvalue weighted by Gasteiger charge is 2.14. The van der Waals surface area contributed by atoms with Crippen LogP contribution < -0.4 is 10.6 Å². The highest BCUT2D eigenvalue weighted by Crippen LogP contribution is 2.15. The van der Waals surface area contributed by atoms with E-state index in [4.69, 9.17) is 0 Å². The van der Waals surface area contributed by atoms with Crippen LogP contribution in [-0.4, -0.2) is 30.5 Å². The zero-order valence-electron chi connectivity index (χ0n) is 11.6. The number of piperidine rings is 1. The van der Waals surface area contributed by atoms with Gasteiger partial charge in [-0.05, 0) is 45.2 Å². The molecule has 1 fully saturated rings. The van der Waals surface area contributed by atoms with Crippen molar-refractivity contribution in [3.8, 4) is 0 Å². The van der Waals surface area contributed by atoms with Crippen LogP contribution >= 0.6 is 11.3 Å². The van der Waals surface area contributed by atoms with Gasteiger partial charge in [-0.2, -0.15) is 0 Å². The summed E-state index contributed by atoms with van der Waals surface area (Å²) in [5.74, 6) is 0.861. The minimum absolute atomic E-state index is 0.179. The first-order chi connectivity index (χ1) is 9.24. The van der Waals surface area contributed by atoms with E-state index in [1.54, 1.807) is 11.3 Å². The lowest BCUT2D eigenvalue weighted by molar-refractivity contribution is -0.121. The maximum absolute atomic E-state index is 11.7. The number of aryl methyl sites for hydroxylation is 1. The van der Waals surface area contributed by atoms with Gasteiger partial charge in [-0.25, -0.2) is 4.98 Å². The second kappa shape index (κ2) is 7.60. The fourth-order valence-electron chi connectivity index (χ4n) is 2.42. The van der Waals surface area contributed by atoms with E-state index >= 15 is 0 Å². The molecule has 1 unspecified atom stereocenters. The van der Waals surface area contributed by atoms with E-state index in [1.165, 1.54) is 12.8 Å². The van der Waals surface area contributed by atoms with Gasteiger partial charge in [0, 0.05) is 30.5 Å². The topological polar surface area (TPSA) is 54.0 Å². The molecule has 19 heavy (non-hydrogen) atoms. The monoisotopic (exact) mass is 281 g/mol. The third-order valence-corrected chi connectivity index (χ3v) is 4.53. The number of thiazole rings is 1. The maximum Gasteiger partial charge on any atom is 0.220 e. The summed E-state index contributed by atoms with van der Waals surface area (Å²) in [6.45, 7) is 4.91. The van der Waals surface area contributed by atoms with Gasteiger partial charge in [0.15, 0.2) is 0 Å². The molecular formula is C14H23N3OS. The molecule has 4 nitrogen and oxygen atoms in total. The van der Waals surface area contributed by atoms with Crippen molar-refractivity contribution in [3.05, 3.63) is 16.1 Å². The molecule has 1 aliphatic heterocycles. The number of nitrogens with one attached hydrogen (secondary N) is 2. The summed E-state index contributed by atoms with van der Waals surface area (Å²) in [6, 6.07) is 0. The lowest BCUT2D eigenvalue weighted by atomic mass is 9.94. The molecule has 2 N–H and O–H groups in total. The Morgan fingerprint density at radius 1 is 1.63 bits per heavy atom. The minimum Gasteiger partial charge on any atom is -0.356 e. The Labute approximate surface area is 119 Å². The fraction of sp³-hybridized carbons (Fsp3) is 0.714. The van der Waals surface area contributed by atoms with Crippen molar-refractivity contribution < 1.29 is 4.79 Å². The number of rotatable bonds is 6. The zero-order chi connectivity index (χ0) is 13.5. The Morgan fingerprint density at radius 2 is 2.53 bits per heavy atom. The third-order valence-electron chi connectivity index (χ3n) is 3.51. The van der Waals surface area contributed by atoms with Crippen LogP contribution in [0.3, 0.4) is 0 Å². The molecule has 1 atom stereocenters. The van der Waals surface area contributed by atoms with Crippen LogP contribution in [0.25, 0.3) is 0 Å². The van der Waals surface area contributed by atoms with Gasteiger partial charge in [-0.15, -0.1) is 11.3 Å². The average molecular weight is 281 g/mol. The van der Waals surface area contributed by atoms with E-state index in [0.29, 0.717) is 18.9 Å². The molecule has 0 radical (unpaired) electrons. The lowest BCUT2D eigenvalue weighted by Crippen LogP contribution is -2.31. The van der Waals surface area contributed by atoms with Crippen molar-refractivity contribution in [2.24, 2.45) is 5.92 Å². The second-order valence-electron chi connectivity index (χ2n) is 5.23. The summed E-state index contributed by atoms with van der Waals surface area (Å²) in [6.07, 6.45) is 5.02. The molecule has 1 aliphatic rings. The summed E-state index contributed by atoms with van der Waals surface area (Å²) in [5, 5.41) is 9.53. The molecular weight excluding hydrogens is 258 g/mol. The number of nitrogens with zero attached hydrogens (tertiary/aromatic N) is 1. The van der Waals surface area contributed by atoms with Gasteiger partial charge in [0.2, 0.25) is 5.91 Å². The first-order valence-electron chi connectivity index (χ1n) is 7.12. The molecule has 0 aromatic carbocycles. The number of carbonyl (C=O) groups is 1. The summed E-state index contributed by atoms with van der Waals surface area (Å²) < 4.78 is 0.